The molecule has 0 aliphatic carbocycles. The van der Waals surface area contributed by atoms with Gasteiger partial charge in [0, 0.05) is 17.7 Å². The van der Waals surface area contributed by atoms with Gasteiger partial charge in [0.15, 0.2) is 5.78 Å². The van der Waals surface area contributed by atoms with E-state index in [1.807, 2.05) is 42.5 Å². The van der Waals surface area contributed by atoms with E-state index >= 15 is 0 Å². The second-order valence-electron chi connectivity index (χ2n) is 8.93. The van der Waals surface area contributed by atoms with E-state index in [-0.39, 0.29) is 5.78 Å². The van der Waals surface area contributed by atoms with Gasteiger partial charge in [0.25, 0.3) is 0 Å². The van der Waals surface area contributed by atoms with E-state index in [2.05, 4.69) is 78.1 Å². The van der Waals surface area contributed by atoms with Crippen LogP contribution in [0.3, 0.4) is 0 Å². The van der Waals surface area contributed by atoms with Gasteiger partial charge in [0.2, 0.25) is 0 Å². The fourth-order valence-electron chi connectivity index (χ4n) is 4.82. The molecule has 0 bridgehead atoms. The molecule has 5 aromatic rings. The van der Waals surface area contributed by atoms with E-state index in [1.54, 1.807) is 18.2 Å². The lowest BCUT2D eigenvalue weighted by atomic mass is 9.77. The van der Waals surface area contributed by atoms with Crippen LogP contribution in [0.5, 0.6) is 0 Å². The minimum Gasteiger partial charge on any atom is -0.397 e. The highest BCUT2D eigenvalue weighted by atomic mass is 35.5. The van der Waals surface area contributed by atoms with E-state index in [9.17, 15) is 4.79 Å². The third kappa shape index (κ3) is 4.92. The van der Waals surface area contributed by atoms with Gasteiger partial charge in [0.1, 0.15) is 0 Å². The Morgan fingerprint density at radius 1 is 0.676 bits per heavy atom. The Hall–Kier alpha value is -4.18. The number of carbonyl (C=O) groups excluding carboxylic acids is 1. The second kappa shape index (κ2) is 10.8. The summed E-state index contributed by atoms with van der Waals surface area (Å²) in [7, 11) is 0. The van der Waals surface area contributed by atoms with Gasteiger partial charge in [0.05, 0.1) is 16.2 Å². The summed E-state index contributed by atoms with van der Waals surface area (Å²) in [5.41, 5.74) is 11.2. The van der Waals surface area contributed by atoms with Crippen molar-refractivity contribution in [1.82, 2.24) is 5.32 Å². The molecule has 0 aliphatic heterocycles. The molecule has 0 fully saturated rings. The molecule has 0 radical (unpaired) electrons. The van der Waals surface area contributed by atoms with Crippen LogP contribution in [-0.2, 0) is 12.1 Å². The summed E-state index contributed by atoms with van der Waals surface area (Å²) < 4.78 is 0. The predicted molar refractivity (Wildman–Crippen MR) is 152 cm³/mol. The van der Waals surface area contributed by atoms with Crippen LogP contribution in [0, 0.1) is 0 Å². The topological polar surface area (TPSA) is 55.1 Å². The number of anilines is 1. The van der Waals surface area contributed by atoms with Crippen LogP contribution in [0.15, 0.2) is 133 Å². The molecule has 5 aromatic carbocycles. The van der Waals surface area contributed by atoms with Gasteiger partial charge >= 0.3 is 0 Å². The average Bonchev–Trinajstić information content (AvgIpc) is 2.96. The van der Waals surface area contributed by atoms with Crippen LogP contribution in [0.25, 0.3) is 0 Å². The zero-order valence-electron chi connectivity index (χ0n) is 20.3. The highest BCUT2D eigenvalue weighted by Crippen LogP contribution is 2.37. The van der Waals surface area contributed by atoms with Crippen LogP contribution in [0.4, 0.5) is 5.69 Å². The molecule has 0 heterocycles. The number of nitrogens with two attached hydrogens (primary N) is 1. The Labute approximate surface area is 222 Å². The van der Waals surface area contributed by atoms with E-state index in [0.717, 1.165) is 22.3 Å². The Balaban J connectivity index is 1.55. The summed E-state index contributed by atoms with van der Waals surface area (Å²) in [5.74, 6) is -0.151. The fraction of sp³-hybridized carbons (Fsp3) is 0.0606. The molecule has 0 aliphatic rings. The van der Waals surface area contributed by atoms with Crippen LogP contribution < -0.4 is 11.1 Å². The van der Waals surface area contributed by atoms with Crippen molar-refractivity contribution in [3.63, 3.8) is 0 Å². The van der Waals surface area contributed by atoms with E-state index in [0.29, 0.717) is 28.4 Å². The Bertz CT molecular complexity index is 1410. The van der Waals surface area contributed by atoms with E-state index in [1.165, 1.54) is 0 Å². The van der Waals surface area contributed by atoms with E-state index in [4.69, 9.17) is 17.3 Å². The number of benzene rings is 5. The number of nitrogens with one attached hydrogen (secondary N) is 1. The molecule has 37 heavy (non-hydrogen) atoms. The molecule has 182 valence electrons. The largest absolute Gasteiger partial charge is 0.397 e. The van der Waals surface area contributed by atoms with Crippen molar-refractivity contribution >= 4 is 23.1 Å². The first-order valence-electron chi connectivity index (χ1n) is 12.2. The van der Waals surface area contributed by atoms with Crippen LogP contribution in [0.1, 0.15) is 38.2 Å². The lowest BCUT2D eigenvalue weighted by Crippen LogP contribution is -2.44. The quantitative estimate of drug-likeness (QED) is 0.134. The number of hydrogen-bond donors (Lipinski definition) is 2. The van der Waals surface area contributed by atoms with Gasteiger partial charge in [-0.05, 0) is 40.5 Å². The number of carbonyl (C=O) groups is 1. The minimum atomic E-state index is -0.596. The summed E-state index contributed by atoms with van der Waals surface area (Å²) in [6.45, 7) is 0.533. The monoisotopic (exact) mass is 502 g/mol. The normalized spacial score (nSPS) is 11.3. The maximum absolute atomic E-state index is 13.3. The molecule has 0 saturated carbocycles. The van der Waals surface area contributed by atoms with Gasteiger partial charge in [-0.2, -0.15) is 0 Å². The van der Waals surface area contributed by atoms with Gasteiger partial charge in [-0.25, -0.2) is 0 Å². The standard InChI is InChI=1S/C33H27ClN2O/c34-30-21-11-20-29(31(30)35)32(37)25-13-10-12-24(22-25)23-36-33(26-14-4-1-5-15-26,27-16-6-2-7-17-27)28-18-8-3-9-19-28/h1-22,36H,23,35H2. The van der Waals surface area contributed by atoms with Crippen LogP contribution >= 0.6 is 11.6 Å². The number of halogens is 1. The van der Waals surface area contributed by atoms with Gasteiger partial charge in [-0.1, -0.05) is 127 Å². The smallest absolute Gasteiger partial charge is 0.195 e. The zero-order chi connectivity index (χ0) is 25.7. The Morgan fingerprint density at radius 2 is 1.19 bits per heavy atom. The summed E-state index contributed by atoms with van der Waals surface area (Å²) >= 11 is 6.16. The lowest BCUT2D eigenvalue weighted by molar-refractivity contribution is 0.103. The van der Waals surface area contributed by atoms with Crippen molar-refractivity contribution in [2.75, 3.05) is 5.73 Å². The SMILES string of the molecule is Nc1c(Cl)cccc1C(=O)c1cccc(CNC(c2ccccc2)(c2ccccc2)c2ccccc2)c1. The van der Waals surface area contributed by atoms with Crippen molar-refractivity contribution < 1.29 is 4.79 Å². The maximum Gasteiger partial charge on any atom is 0.195 e. The van der Waals surface area contributed by atoms with Crippen LogP contribution in [-0.4, -0.2) is 5.78 Å². The fourth-order valence-corrected chi connectivity index (χ4v) is 4.99. The molecule has 0 aromatic heterocycles. The highest BCUT2D eigenvalue weighted by Gasteiger charge is 2.35. The number of ketones is 1. The lowest BCUT2D eigenvalue weighted by Gasteiger charge is -2.37. The molecular weight excluding hydrogens is 476 g/mol. The van der Waals surface area contributed by atoms with Gasteiger partial charge < -0.3 is 5.73 Å². The molecule has 0 atom stereocenters. The van der Waals surface area contributed by atoms with Crippen molar-refractivity contribution in [1.29, 1.82) is 0 Å². The summed E-state index contributed by atoms with van der Waals surface area (Å²) in [5, 5.41) is 4.24. The third-order valence-corrected chi connectivity index (χ3v) is 6.99. The molecule has 0 unspecified atom stereocenters. The first kappa shape index (κ1) is 24.5. The molecule has 3 nitrogen and oxygen atoms in total. The maximum atomic E-state index is 13.3. The summed E-state index contributed by atoms with van der Waals surface area (Å²) in [4.78, 5) is 13.3. The van der Waals surface area contributed by atoms with Crippen molar-refractivity contribution in [3.8, 4) is 0 Å². The minimum absolute atomic E-state index is 0.151. The summed E-state index contributed by atoms with van der Waals surface area (Å²) in [6, 6.07) is 44.1. The second-order valence-corrected chi connectivity index (χ2v) is 9.34. The molecule has 0 amide bonds. The molecular formula is C33H27ClN2O. The Morgan fingerprint density at radius 3 is 1.73 bits per heavy atom. The van der Waals surface area contributed by atoms with Crippen molar-refractivity contribution in [2.45, 2.75) is 12.1 Å². The zero-order valence-corrected chi connectivity index (χ0v) is 21.0. The number of rotatable bonds is 8. The molecule has 4 heteroatoms. The number of para-hydroxylation sites is 1. The number of nitrogen functional groups attached to an aromatic ring is 1. The highest BCUT2D eigenvalue weighted by molar-refractivity contribution is 6.34. The first-order chi connectivity index (χ1) is 18.1. The molecule has 3 N–H and O–H groups in total. The van der Waals surface area contributed by atoms with Crippen molar-refractivity contribution in [3.05, 3.63) is 172 Å². The summed E-state index contributed by atoms with van der Waals surface area (Å²) in [6.07, 6.45) is 0. The number of hydrogen-bond acceptors (Lipinski definition) is 3. The molecule has 0 saturated heterocycles. The van der Waals surface area contributed by atoms with Crippen LogP contribution in [0.2, 0.25) is 5.02 Å². The van der Waals surface area contributed by atoms with E-state index < -0.39 is 5.54 Å². The van der Waals surface area contributed by atoms with Gasteiger partial charge in [-0.3, -0.25) is 10.1 Å². The predicted octanol–water partition coefficient (Wildman–Crippen LogP) is 7.23. The average molecular weight is 503 g/mol. The van der Waals surface area contributed by atoms with Crippen molar-refractivity contribution in [2.24, 2.45) is 0 Å². The molecule has 0 spiro atoms. The Kier molecular flexibility index (Phi) is 7.18. The molecule has 5 rings (SSSR count). The van der Waals surface area contributed by atoms with Gasteiger partial charge in [-0.15, -0.1) is 0 Å². The first-order valence-corrected chi connectivity index (χ1v) is 12.6. The third-order valence-electron chi connectivity index (χ3n) is 6.66.